The lowest BCUT2D eigenvalue weighted by atomic mass is 9.78. The van der Waals surface area contributed by atoms with E-state index in [1.54, 1.807) is 0 Å². The van der Waals surface area contributed by atoms with Gasteiger partial charge >= 0.3 is 0 Å². The molecule has 2 aliphatic rings. The first-order valence-electron chi connectivity index (χ1n) is 15.7. The van der Waals surface area contributed by atoms with E-state index in [-0.39, 0.29) is 39.9 Å². The molecule has 2 atom stereocenters. The second kappa shape index (κ2) is 11.4. The van der Waals surface area contributed by atoms with Crippen molar-refractivity contribution in [2.75, 3.05) is 10.6 Å². The molecule has 2 N–H and O–H groups in total. The van der Waals surface area contributed by atoms with E-state index < -0.39 is 0 Å². The molecule has 2 fully saturated rings. The number of hydrogen-bond acceptors (Lipinski definition) is 4. The Hall–Kier alpha value is -4.58. The fraction of sp³-hybridized carbons (Fsp3) is 0.333. The van der Waals surface area contributed by atoms with Crippen molar-refractivity contribution in [1.82, 2.24) is 0 Å². The summed E-state index contributed by atoms with van der Waals surface area (Å²) in [5.41, 5.74) is 3.86. The van der Waals surface area contributed by atoms with Gasteiger partial charge in [0.15, 0.2) is 0 Å². The molecule has 2 unspecified atom stereocenters. The van der Waals surface area contributed by atoms with Gasteiger partial charge in [0.05, 0.1) is 0 Å². The van der Waals surface area contributed by atoms with Crippen molar-refractivity contribution in [3.63, 3.8) is 0 Å². The van der Waals surface area contributed by atoms with Crippen LogP contribution in [0.15, 0.2) is 97.1 Å². The Labute approximate surface area is 266 Å². The number of nitrogens with one attached hydrogen (secondary N) is 2. The van der Waals surface area contributed by atoms with Crippen LogP contribution in [0.25, 0.3) is 0 Å². The largest absolute Gasteiger partial charge is 0.457 e. The zero-order valence-electron chi connectivity index (χ0n) is 26.9. The standard InChI is InChI=1S/C39H42N2O4/c1-37(2)23-33(37)35(42)40-27-11-19-31(20-12-27)44-29-15-7-25(8-16-29)39(5,6)26-9-17-30(18-10-26)45-32-21-13-28(14-22-32)41-36(43)34-24-38(34,3)4/h7-22,33-34H,23-24H2,1-6H3,(H,40,42)(H,41,43). The summed E-state index contributed by atoms with van der Waals surface area (Å²) in [6, 6.07) is 31.3. The molecule has 232 valence electrons. The average Bonchev–Trinajstić information content (AvgIpc) is 3.87. The molecule has 0 aromatic heterocycles. The molecule has 4 aromatic rings. The van der Waals surface area contributed by atoms with Crippen LogP contribution in [0, 0.1) is 22.7 Å². The van der Waals surface area contributed by atoms with Crippen LogP contribution in [-0.4, -0.2) is 11.8 Å². The third-order valence-corrected chi connectivity index (χ3v) is 9.53. The number of hydrogen-bond donors (Lipinski definition) is 2. The van der Waals surface area contributed by atoms with Gasteiger partial charge in [-0.05, 0) is 108 Å². The van der Waals surface area contributed by atoms with E-state index in [0.717, 1.165) is 46.8 Å². The first-order valence-corrected chi connectivity index (χ1v) is 15.7. The minimum Gasteiger partial charge on any atom is -0.457 e. The molecule has 0 spiro atoms. The number of amides is 2. The van der Waals surface area contributed by atoms with Gasteiger partial charge in [-0.15, -0.1) is 0 Å². The van der Waals surface area contributed by atoms with Gasteiger partial charge in [-0.2, -0.15) is 0 Å². The van der Waals surface area contributed by atoms with Crippen LogP contribution >= 0.6 is 0 Å². The van der Waals surface area contributed by atoms with E-state index in [4.69, 9.17) is 9.47 Å². The van der Waals surface area contributed by atoms with Gasteiger partial charge in [-0.25, -0.2) is 0 Å². The molecular weight excluding hydrogens is 560 g/mol. The van der Waals surface area contributed by atoms with Gasteiger partial charge in [-0.3, -0.25) is 9.59 Å². The Bertz CT molecular complexity index is 1560. The Balaban J connectivity index is 1.02. The van der Waals surface area contributed by atoms with Crippen molar-refractivity contribution in [3.05, 3.63) is 108 Å². The van der Waals surface area contributed by atoms with E-state index in [2.05, 4.69) is 76.4 Å². The highest BCUT2D eigenvalue weighted by molar-refractivity contribution is 5.95. The van der Waals surface area contributed by atoms with Crippen molar-refractivity contribution in [2.45, 2.75) is 59.8 Å². The Morgan fingerprint density at radius 2 is 0.822 bits per heavy atom. The fourth-order valence-corrected chi connectivity index (χ4v) is 5.82. The second-order valence-corrected chi connectivity index (χ2v) is 14.4. The Morgan fingerprint density at radius 3 is 1.09 bits per heavy atom. The van der Waals surface area contributed by atoms with Gasteiger partial charge in [0.25, 0.3) is 0 Å². The van der Waals surface area contributed by atoms with Crippen LogP contribution < -0.4 is 20.1 Å². The highest BCUT2D eigenvalue weighted by Gasteiger charge is 2.51. The number of ether oxygens (including phenoxy) is 2. The molecule has 0 heterocycles. The lowest BCUT2D eigenvalue weighted by molar-refractivity contribution is -0.118. The molecule has 0 bridgehead atoms. The molecule has 4 aromatic carbocycles. The lowest BCUT2D eigenvalue weighted by Gasteiger charge is -2.26. The quantitative estimate of drug-likeness (QED) is 0.190. The molecule has 6 nitrogen and oxygen atoms in total. The third kappa shape index (κ3) is 6.90. The van der Waals surface area contributed by atoms with Crippen LogP contribution in [0.4, 0.5) is 11.4 Å². The molecular formula is C39H42N2O4. The summed E-state index contributed by atoms with van der Waals surface area (Å²) in [4.78, 5) is 24.8. The maximum atomic E-state index is 12.4. The van der Waals surface area contributed by atoms with Gasteiger partial charge < -0.3 is 20.1 Å². The molecule has 2 aliphatic carbocycles. The van der Waals surface area contributed by atoms with Crippen LogP contribution in [0.1, 0.15) is 65.5 Å². The van der Waals surface area contributed by atoms with Crippen molar-refractivity contribution in [2.24, 2.45) is 22.7 Å². The summed E-state index contributed by atoms with van der Waals surface area (Å²) >= 11 is 0. The van der Waals surface area contributed by atoms with Crippen molar-refractivity contribution in [1.29, 1.82) is 0 Å². The minimum atomic E-state index is -0.233. The fourth-order valence-electron chi connectivity index (χ4n) is 5.82. The topological polar surface area (TPSA) is 76.7 Å². The molecule has 45 heavy (non-hydrogen) atoms. The van der Waals surface area contributed by atoms with Gasteiger partial charge in [0, 0.05) is 28.6 Å². The van der Waals surface area contributed by atoms with Gasteiger partial charge in [0.2, 0.25) is 11.8 Å². The lowest BCUT2D eigenvalue weighted by Crippen LogP contribution is -2.18. The first kappa shape index (κ1) is 30.4. The molecule has 0 saturated heterocycles. The molecule has 6 heteroatoms. The van der Waals surface area contributed by atoms with Crippen LogP contribution in [-0.2, 0) is 15.0 Å². The molecule has 0 radical (unpaired) electrons. The average molecular weight is 603 g/mol. The summed E-state index contributed by atoms with van der Waals surface area (Å²) in [6.45, 7) is 12.9. The second-order valence-electron chi connectivity index (χ2n) is 14.4. The molecule has 0 aliphatic heterocycles. The summed E-state index contributed by atoms with van der Waals surface area (Å²) < 4.78 is 12.1. The first-order chi connectivity index (χ1) is 21.3. The maximum absolute atomic E-state index is 12.4. The third-order valence-electron chi connectivity index (χ3n) is 9.53. The predicted octanol–water partition coefficient (Wildman–Crippen LogP) is 9.57. The van der Waals surface area contributed by atoms with E-state index >= 15 is 0 Å². The summed E-state index contributed by atoms with van der Waals surface area (Å²) in [6.07, 6.45) is 1.87. The number of anilines is 2. The van der Waals surface area contributed by atoms with E-state index in [0.29, 0.717) is 11.5 Å². The summed E-state index contributed by atoms with van der Waals surface area (Å²) in [5, 5.41) is 6.01. The van der Waals surface area contributed by atoms with E-state index in [1.165, 1.54) is 0 Å². The normalized spacial score (nSPS) is 19.2. The van der Waals surface area contributed by atoms with E-state index in [9.17, 15) is 9.59 Å². The molecule has 2 amide bonds. The Kier molecular flexibility index (Phi) is 7.72. The number of rotatable bonds is 10. The zero-order valence-corrected chi connectivity index (χ0v) is 26.9. The molecule has 6 rings (SSSR count). The van der Waals surface area contributed by atoms with Crippen LogP contribution in [0.5, 0.6) is 23.0 Å². The van der Waals surface area contributed by atoms with Crippen LogP contribution in [0.3, 0.4) is 0 Å². The molecule has 2 saturated carbocycles. The van der Waals surface area contributed by atoms with Crippen molar-refractivity contribution >= 4 is 23.2 Å². The summed E-state index contributed by atoms with van der Waals surface area (Å²) in [5.74, 6) is 3.27. The number of carbonyl (C=O) groups excluding carboxylic acids is 2. The highest BCUT2D eigenvalue weighted by atomic mass is 16.5. The number of carbonyl (C=O) groups is 2. The Morgan fingerprint density at radius 1 is 0.556 bits per heavy atom. The zero-order chi connectivity index (χ0) is 32.0. The van der Waals surface area contributed by atoms with E-state index in [1.807, 2.05) is 72.8 Å². The highest BCUT2D eigenvalue weighted by Crippen LogP contribution is 2.52. The van der Waals surface area contributed by atoms with Crippen molar-refractivity contribution < 1.29 is 19.1 Å². The smallest absolute Gasteiger partial charge is 0.228 e. The number of benzene rings is 4. The van der Waals surface area contributed by atoms with Crippen LogP contribution in [0.2, 0.25) is 0 Å². The summed E-state index contributed by atoms with van der Waals surface area (Å²) in [7, 11) is 0. The van der Waals surface area contributed by atoms with Gasteiger partial charge in [-0.1, -0.05) is 65.8 Å². The predicted molar refractivity (Wildman–Crippen MR) is 179 cm³/mol. The monoisotopic (exact) mass is 602 g/mol. The SMILES string of the molecule is CC(C)(c1ccc(Oc2ccc(NC(=O)C3CC3(C)C)cc2)cc1)c1ccc(Oc2ccc(NC(=O)C3CC3(C)C)cc2)cc1. The van der Waals surface area contributed by atoms with Gasteiger partial charge in [0.1, 0.15) is 23.0 Å². The maximum Gasteiger partial charge on any atom is 0.228 e. The minimum absolute atomic E-state index is 0.0831. The van der Waals surface area contributed by atoms with Crippen molar-refractivity contribution in [3.8, 4) is 23.0 Å².